The Balaban J connectivity index is 3.56. The highest BCUT2D eigenvalue weighted by atomic mass is 35.5. The Morgan fingerprint density at radius 3 is 2.60 bits per heavy atom. The molecule has 0 aliphatic rings. The van der Waals surface area contributed by atoms with E-state index in [9.17, 15) is 23.7 Å². The minimum atomic E-state index is -3.09. The first-order chi connectivity index (χ1) is 6.99. The zero-order valence-electron chi connectivity index (χ0n) is 6.99. The molecule has 0 aliphatic carbocycles. The first-order valence-corrected chi connectivity index (χ1v) is 3.93. The van der Waals surface area contributed by atoms with Gasteiger partial charge < -0.3 is 0 Å². The molecular formula is C7H3ClF2N2O3. The lowest BCUT2D eigenvalue weighted by molar-refractivity contribution is -0.386. The highest BCUT2D eigenvalue weighted by molar-refractivity contribution is 6.32. The van der Waals surface area contributed by atoms with Gasteiger partial charge in [0.1, 0.15) is 16.3 Å². The Labute approximate surface area is 86.8 Å². The maximum atomic E-state index is 12.3. The van der Waals surface area contributed by atoms with Crippen LogP contribution in [-0.4, -0.2) is 16.2 Å². The second-order valence-corrected chi connectivity index (χ2v) is 2.80. The fourth-order valence-electron chi connectivity index (χ4n) is 0.978. The molecule has 15 heavy (non-hydrogen) atoms. The topological polar surface area (TPSA) is 73.1 Å². The van der Waals surface area contributed by atoms with Crippen LogP contribution in [0, 0.1) is 10.1 Å². The molecule has 0 amide bonds. The Bertz CT molecular complexity index is 425. The van der Waals surface area contributed by atoms with E-state index in [1.807, 2.05) is 0 Å². The number of rotatable bonds is 3. The molecular weight excluding hydrogens is 234 g/mol. The molecule has 0 atom stereocenters. The van der Waals surface area contributed by atoms with Crippen LogP contribution < -0.4 is 0 Å². The first-order valence-electron chi connectivity index (χ1n) is 3.55. The van der Waals surface area contributed by atoms with Gasteiger partial charge in [0.05, 0.1) is 4.92 Å². The summed E-state index contributed by atoms with van der Waals surface area (Å²) in [4.78, 5) is 23.1. The molecule has 0 fully saturated rings. The van der Waals surface area contributed by atoms with E-state index in [0.29, 0.717) is 6.20 Å². The third-order valence-electron chi connectivity index (χ3n) is 1.60. The van der Waals surface area contributed by atoms with Gasteiger partial charge in [-0.3, -0.25) is 14.9 Å². The Morgan fingerprint density at radius 1 is 1.60 bits per heavy atom. The molecule has 0 saturated heterocycles. The van der Waals surface area contributed by atoms with Crippen LogP contribution in [0.4, 0.5) is 14.5 Å². The van der Waals surface area contributed by atoms with E-state index in [-0.39, 0.29) is 6.29 Å². The number of pyridine rings is 1. The van der Waals surface area contributed by atoms with Crippen molar-refractivity contribution in [2.24, 2.45) is 0 Å². The summed E-state index contributed by atoms with van der Waals surface area (Å²) in [6.45, 7) is 0. The highest BCUT2D eigenvalue weighted by Gasteiger charge is 2.28. The first kappa shape index (κ1) is 11.4. The third kappa shape index (κ3) is 2.07. The number of alkyl halides is 2. The Hall–Kier alpha value is -1.63. The van der Waals surface area contributed by atoms with Crippen molar-refractivity contribution >= 4 is 23.6 Å². The van der Waals surface area contributed by atoms with Gasteiger partial charge in [0, 0.05) is 6.20 Å². The zero-order chi connectivity index (χ0) is 11.6. The minimum absolute atomic E-state index is 0.0271. The molecule has 1 aromatic heterocycles. The van der Waals surface area contributed by atoms with E-state index in [1.165, 1.54) is 0 Å². The van der Waals surface area contributed by atoms with Crippen LogP contribution in [0.1, 0.15) is 22.3 Å². The molecule has 0 bridgehead atoms. The summed E-state index contributed by atoms with van der Waals surface area (Å²) >= 11 is 5.36. The largest absolute Gasteiger partial charge is 0.297 e. The lowest BCUT2D eigenvalue weighted by atomic mass is 10.1. The van der Waals surface area contributed by atoms with E-state index in [0.717, 1.165) is 0 Å². The van der Waals surface area contributed by atoms with E-state index in [1.54, 1.807) is 0 Å². The van der Waals surface area contributed by atoms with Crippen molar-refractivity contribution in [1.29, 1.82) is 0 Å². The Kier molecular flexibility index (Phi) is 3.25. The van der Waals surface area contributed by atoms with Crippen LogP contribution in [0.2, 0.25) is 5.15 Å². The standard InChI is InChI=1S/C7H3ClF2N2O3/c8-6-4(2-13)5(12(14)15)3(1-11-6)7(9)10/h1-2,7H. The predicted octanol–water partition coefficient (Wildman–Crippen LogP) is 2.39. The SMILES string of the molecule is O=Cc1c(Cl)ncc(C(F)F)c1[N+](=O)[O-]. The summed E-state index contributed by atoms with van der Waals surface area (Å²) in [5.41, 5.74) is -2.56. The van der Waals surface area contributed by atoms with Gasteiger partial charge in [0.25, 0.3) is 12.1 Å². The summed E-state index contributed by atoms with van der Waals surface area (Å²) in [6.07, 6.45) is -2.48. The minimum Gasteiger partial charge on any atom is -0.297 e. The van der Waals surface area contributed by atoms with Gasteiger partial charge in [0.2, 0.25) is 0 Å². The zero-order valence-corrected chi connectivity index (χ0v) is 7.74. The van der Waals surface area contributed by atoms with Crippen molar-refractivity contribution in [2.75, 3.05) is 0 Å². The molecule has 0 radical (unpaired) electrons. The highest BCUT2D eigenvalue weighted by Crippen LogP contribution is 2.33. The summed E-state index contributed by atoms with van der Waals surface area (Å²) < 4.78 is 24.7. The van der Waals surface area contributed by atoms with Gasteiger partial charge in [0.15, 0.2) is 6.29 Å². The quantitative estimate of drug-likeness (QED) is 0.350. The maximum absolute atomic E-state index is 12.3. The van der Waals surface area contributed by atoms with E-state index in [2.05, 4.69) is 4.98 Å². The van der Waals surface area contributed by atoms with Gasteiger partial charge >= 0.3 is 0 Å². The van der Waals surface area contributed by atoms with Gasteiger partial charge in [-0.2, -0.15) is 0 Å². The smallest absolute Gasteiger partial charge is 0.293 e. The van der Waals surface area contributed by atoms with Gasteiger partial charge in [-0.25, -0.2) is 13.8 Å². The van der Waals surface area contributed by atoms with Crippen LogP contribution in [0.3, 0.4) is 0 Å². The van der Waals surface area contributed by atoms with E-state index < -0.39 is 33.3 Å². The lowest BCUT2D eigenvalue weighted by Crippen LogP contribution is -2.03. The molecule has 0 saturated carbocycles. The van der Waals surface area contributed by atoms with Crippen molar-refractivity contribution in [3.63, 3.8) is 0 Å². The lowest BCUT2D eigenvalue weighted by Gasteiger charge is -2.03. The summed E-state index contributed by atoms with van der Waals surface area (Å²) in [5.74, 6) is 0. The molecule has 1 heterocycles. The van der Waals surface area contributed by atoms with Crippen LogP contribution in [0.5, 0.6) is 0 Å². The number of carbonyl (C=O) groups is 1. The molecule has 1 rings (SSSR count). The molecule has 0 aromatic carbocycles. The Morgan fingerprint density at radius 2 is 2.20 bits per heavy atom. The number of halogens is 3. The van der Waals surface area contributed by atoms with E-state index >= 15 is 0 Å². The fourth-order valence-corrected chi connectivity index (χ4v) is 1.16. The van der Waals surface area contributed by atoms with Crippen molar-refractivity contribution in [2.45, 2.75) is 6.43 Å². The molecule has 1 aromatic rings. The predicted molar refractivity (Wildman–Crippen MR) is 46.2 cm³/mol. The summed E-state index contributed by atoms with van der Waals surface area (Å²) in [7, 11) is 0. The molecule has 5 nitrogen and oxygen atoms in total. The maximum Gasteiger partial charge on any atom is 0.293 e. The molecule has 8 heteroatoms. The van der Waals surface area contributed by atoms with Crippen molar-refractivity contribution in [3.05, 3.63) is 32.6 Å². The molecule has 0 aliphatic heterocycles. The van der Waals surface area contributed by atoms with Crippen molar-refractivity contribution in [1.82, 2.24) is 4.98 Å². The average Bonchev–Trinajstić information content (AvgIpc) is 2.16. The monoisotopic (exact) mass is 236 g/mol. The van der Waals surface area contributed by atoms with E-state index in [4.69, 9.17) is 11.6 Å². The van der Waals surface area contributed by atoms with Gasteiger partial charge in [-0.15, -0.1) is 0 Å². The molecule has 80 valence electrons. The molecule has 0 N–H and O–H groups in total. The number of nitro groups is 1. The number of hydrogen-bond donors (Lipinski definition) is 0. The third-order valence-corrected chi connectivity index (χ3v) is 1.90. The number of carbonyl (C=O) groups excluding carboxylic acids is 1. The van der Waals surface area contributed by atoms with Crippen molar-refractivity contribution in [3.8, 4) is 0 Å². The molecule has 0 unspecified atom stereocenters. The van der Waals surface area contributed by atoms with Crippen LogP contribution in [0.25, 0.3) is 0 Å². The van der Waals surface area contributed by atoms with Crippen LogP contribution in [-0.2, 0) is 0 Å². The number of aldehydes is 1. The second-order valence-electron chi connectivity index (χ2n) is 2.44. The van der Waals surface area contributed by atoms with Crippen LogP contribution in [0.15, 0.2) is 6.20 Å². The summed E-state index contributed by atoms with van der Waals surface area (Å²) in [6, 6.07) is 0. The van der Waals surface area contributed by atoms with Gasteiger partial charge in [-0.05, 0) is 0 Å². The average molecular weight is 237 g/mol. The van der Waals surface area contributed by atoms with Crippen LogP contribution >= 0.6 is 11.6 Å². The fraction of sp³-hybridized carbons (Fsp3) is 0.143. The second kappa shape index (κ2) is 4.26. The number of hydrogen-bond acceptors (Lipinski definition) is 4. The molecule has 0 spiro atoms. The summed E-state index contributed by atoms with van der Waals surface area (Å²) in [5, 5.41) is 10.0. The normalized spacial score (nSPS) is 10.4. The van der Waals surface area contributed by atoms with Gasteiger partial charge in [-0.1, -0.05) is 11.6 Å². The number of nitrogens with zero attached hydrogens (tertiary/aromatic N) is 2. The van der Waals surface area contributed by atoms with Crippen molar-refractivity contribution < 1.29 is 18.5 Å². The number of aromatic nitrogens is 1.